The third kappa shape index (κ3) is 18.1. The predicted octanol–water partition coefficient (Wildman–Crippen LogP) is -3.39. The number of rotatable bonds is 26. The molecule has 344 valence electrons. The van der Waals surface area contributed by atoms with Gasteiger partial charge in [-0.1, -0.05) is 27.7 Å². The van der Waals surface area contributed by atoms with Crippen LogP contribution < -0.4 is 37.6 Å². The maximum Gasteiger partial charge on any atom is 0.326 e. The Morgan fingerprint density at radius 2 is 1.11 bits per heavy atom. The number of hydrogen-bond acceptors (Lipinski definition) is 13. The van der Waals surface area contributed by atoms with Gasteiger partial charge in [0.05, 0.1) is 18.6 Å². The van der Waals surface area contributed by atoms with Crippen LogP contribution in [0.25, 0.3) is 0 Å². The minimum Gasteiger partial charge on any atom is -0.481 e. The van der Waals surface area contributed by atoms with Crippen LogP contribution in [0, 0.1) is 11.8 Å². The van der Waals surface area contributed by atoms with Crippen molar-refractivity contribution in [1.29, 1.82) is 0 Å². The lowest BCUT2D eigenvalue weighted by Crippen LogP contribution is -2.61. The summed E-state index contributed by atoms with van der Waals surface area (Å²) in [6.45, 7) is 9.08. The van der Waals surface area contributed by atoms with Crippen molar-refractivity contribution >= 4 is 65.2 Å². The number of nitrogens with zero attached hydrogens (tertiary/aromatic N) is 1. The summed E-state index contributed by atoms with van der Waals surface area (Å²) >= 11 is 0. The maximum atomic E-state index is 13.7. The Bertz CT molecular complexity index is 1640. The lowest BCUT2D eigenvalue weighted by Gasteiger charge is -2.30. The first-order chi connectivity index (χ1) is 28.3. The monoisotopic (exact) mass is 872 g/mol. The van der Waals surface area contributed by atoms with Crippen molar-refractivity contribution in [2.75, 3.05) is 6.54 Å². The van der Waals surface area contributed by atoms with Gasteiger partial charge in [-0.25, -0.2) is 4.79 Å². The highest BCUT2D eigenvalue weighted by molar-refractivity contribution is 5.98. The van der Waals surface area contributed by atoms with Crippen molar-refractivity contribution in [1.82, 2.24) is 36.8 Å². The van der Waals surface area contributed by atoms with Crippen LogP contribution in [0.5, 0.6) is 0 Å². The quantitative estimate of drug-likeness (QED) is 0.0403. The molecule has 0 saturated carbocycles. The number of carboxylic acids is 4. The van der Waals surface area contributed by atoms with Gasteiger partial charge in [0, 0.05) is 19.4 Å². The Labute approximate surface area is 351 Å². The first-order valence-electron chi connectivity index (χ1n) is 19.7. The molecule has 1 fully saturated rings. The van der Waals surface area contributed by atoms with Crippen molar-refractivity contribution < 1.29 is 78.3 Å². The number of carbonyl (C=O) groups excluding carboxylic acids is 7. The summed E-state index contributed by atoms with van der Waals surface area (Å²) in [6, 6.07) is -11.8. The number of carbonyl (C=O) groups is 11. The van der Waals surface area contributed by atoms with Gasteiger partial charge in [-0.3, -0.25) is 47.9 Å². The number of hydrogen-bond donors (Lipinski definition) is 12. The molecule has 1 rings (SSSR count). The molecule has 0 aliphatic carbocycles. The lowest BCUT2D eigenvalue weighted by atomic mass is 9.99. The summed E-state index contributed by atoms with van der Waals surface area (Å²) in [5.74, 6) is -13.3. The summed E-state index contributed by atoms with van der Waals surface area (Å²) in [5.41, 5.74) is 5.67. The second kappa shape index (κ2) is 25.0. The van der Waals surface area contributed by atoms with E-state index in [0.717, 1.165) is 4.90 Å². The second-order valence-electron chi connectivity index (χ2n) is 15.6. The summed E-state index contributed by atoms with van der Waals surface area (Å²) in [7, 11) is 0. The van der Waals surface area contributed by atoms with Gasteiger partial charge in [0.1, 0.15) is 42.3 Å². The topological polar surface area (TPSA) is 390 Å². The highest BCUT2D eigenvalue weighted by Crippen LogP contribution is 2.19. The Kier molecular flexibility index (Phi) is 21.8. The fraction of sp³-hybridized carbons (Fsp3) is 0.703. The van der Waals surface area contributed by atoms with E-state index in [9.17, 15) is 73.2 Å². The van der Waals surface area contributed by atoms with Crippen molar-refractivity contribution in [3.05, 3.63) is 0 Å². The summed E-state index contributed by atoms with van der Waals surface area (Å²) in [6.07, 6.45) is -4.00. The number of aliphatic carboxylic acids is 4. The van der Waals surface area contributed by atoms with Crippen LogP contribution in [0.3, 0.4) is 0 Å². The lowest BCUT2D eigenvalue weighted by molar-refractivity contribution is -0.150. The molecule has 1 aliphatic rings. The van der Waals surface area contributed by atoms with Crippen LogP contribution in [0.1, 0.15) is 92.9 Å². The molecule has 24 heteroatoms. The largest absolute Gasteiger partial charge is 0.481 e. The molecule has 9 atom stereocenters. The fourth-order valence-electron chi connectivity index (χ4n) is 6.15. The van der Waals surface area contributed by atoms with Crippen LogP contribution in [-0.4, -0.2) is 157 Å². The zero-order chi connectivity index (χ0) is 46.9. The summed E-state index contributed by atoms with van der Waals surface area (Å²) in [5, 5.41) is 61.4. The second-order valence-corrected chi connectivity index (χ2v) is 15.6. The van der Waals surface area contributed by atoms with Crippen LogP contribution >= 0.6 is 0 Å². The molecule has 0 aromatic carbocycles. The highest BCUT2D eigenvalue weighted by Gasteiger charge is 2.40. The molecular weight excluding hydrogens is 812 g/mol. The van der Waals surface area contributed by atoms with Crippen molar-refractivity contribution in [3.63, 3.8) is 0 Å². The molecule has 24 nitrogen and oxygen atoms in total. The number of carboxylic acid groups (broad SMARTS) is 4. The van der Waals surface area contributed by atoms with E-state index in [1.807, 2.05) is 0 Å². The zero-order valence-corrected chi connectivity index (χ0v) is 35.0. The minimum atomic E-state index is -1.85. The van der Waals surface area contributed by atoms with Crippen LogP contribution in [0.4, 0.5) is 0 Å². The van der Waals surface area contributed by atoms with Crippen LogP contribution in [0.2, 0.25) is 0 Å². The smallest absolute Gasteiger partial charge is 0.326 e. The number of aliphatic hydroxyl groups is 1. The molecule has 61 heavy (non-hydrogen) atoms. The molecule has 1 aliphatic heterocycles. The van der Waals surface area contributed by atoms with E-state index in [1.165, 1.54) is 27.7 Å². The van der Waals surface area contributed by atoms with Crippen molar-refractivity contribution in [2.24, 2.45) is 17.6 Å². The van der Waals surface area contributed by atoms with E-state index in [-0.39, 0.29) is 31.7 Å². The number of likely N-dealkylation sites (tertiary alicyclic amines) is 1. The van der Waals surface area contributed by atoms with E-state index in [0.29, 0.717) is 6.42 Å². The van der Waals surface area contributed by atoms with E-state index in [4.69, 9.17) is 10.8 Å². The fourth-order valence-corrected chi connectivity index (χ4v) is 6.15. The van der Waals surface area contributed by atoms with Crippen LogP contribution in [-0.2, 0) is 52.7 Å². The van der Waals surface area contributed by atoms with Gasteiger partial charge in [0.25, 0.3) is 0 Å². The normalized spacial score (nSPS) is 17.6. The van der Waals surface area contributed by atoms with Gasteiger partial charge in [-0.2, -0.15) is 0 Å². The Hall–Kier alpha value is -5.91. The Morgan fingerprint density at radius 1 is 0.607 bits per heavy atom. The molecule has 0 spiro atoms. The third-order valence-electron chi connectivity index (χ3n) is 9.50. The molecule has 7 amide bonds. The van der Waals surface area contributed by atoms with Crippen molar-refractivity contribution in [2.45, 2.75) is 147 Å². The molecule has 0 unspecified atom stereocenters. The average Bonchev–Trinajstić information content (AvgIpc) is 3.65. The van der Waals surface area contributed by atoms with Gasteiger partial charge >= 0.3 is 23.9 Å². The standard InChI is InChI=1S/C37H60N8O16/c1-16(2)14-22(33(56)39-18(5)30(53)44-29(19(6)46)36(59)45-13-7-8-24(45)37(60)61)42-35(58)28(17(3)4)43-32(55)21(10-12-26(49)50)40-34(57)23(15-27(51)52)41-31(54)20(38)9-11-25(47)48/h16-24,28-29,46H,7-15,38H2,1-6H3,(H,39,56)(H,40,57)(H,41,54)(H,42,58)(H,43,55)(H,44,53)(H,47,48)(H,49,50)(H,51,52)(H,60,61)/t18-,19+,20-,21-,22-,23-,24-,28-,29-/m0/s1. The maximum absolute atomic E-state index is 13.7. The Morgan fingerprint density at radius 3 is 1.62 bits per heavy atom. The minimum absolute atomic E-state index is 0.0128. The van der Waals surface area contributed by atoms with E-state index in [2.05, 4.69) is 31.9 Å². The van der Waals surface area contributed by atoms with Gasteiger partial charge in [0.2, 0.25) is 41.4 Å². The number of nitrogens with one attached hydrogen (secondary N) is 6. The number of nitrogens with two attached hydrogens (primary N) is 1. The van der Waals surface area contributed by atoms with E-state index < -0.39 is 151 Å². The molecule has 0 bridgehead atoms. The number of amides is 7. The first kappa shape index (κ1) is 53.1. The summed E-state index contributed by atoms with van der Waals surface area (Å²) in [4.78, 5) is 140. The predicted molar refractivity (Wildman–Crippen MR) is 210 cm³/mol. The highest BCUT2D eigenvalue weighted by atomic mass is 16.4. The molecule has 0 aromatic rings. The molecule has 1 saturated heterocycles. The molecule has 13 N–H and O–H groups in total. The molecule has 1 heterocycles. The third-order valence-corrected chi connectivity index (χ3v) is 9.50. The SMILES string of the molecule is CC(C)C[C@H](NC(=O)[C@@H](NC(=O)[C@H](CCC(=O)O)NC(=O)[C@H](CC(=O)O)NC(=O)[C@@H](N)CCC(=O)O)C(C)C)C(=O)N[C@@H](C)C(=O)N[C@H](C(=O)N1CCC[C@H]1C(=O)O)[C@@H](C)O. The van der Waals surface area contributed by atoms with Gasteiger partial charge in [0.15, 0.2) is 0 Å². The average molecular weight is 873 g/mol. The molecular formula is C37H60N8O16. The molecule has 0 radical (unpaired) electrons. The Balaban J connectivity index is 3.21. The van der Waals surface area contributed by atoms with Gasteiger partial charge in [-0.15, -0.1) is 0 Å². The van der Waals surface area contributed by atoms with Crippen molar-refractivity contribution in [3.8, 4) is 0 Å². The summed E-state index contributed by atoms with van der Waals surface area (Å²) < 4.78 is 0. The van der Waals surface area contributed by atoms with Crippen LogP contribution in [0.15, 0.2) is 0 Å². The first-order valence-corrected chi connectivity index (χ1v) is 19.7. The van der Waals surface area contributed by atoms with Gasteiger partial charge in [-0.05, 0) is 57.8 Å². The zero-order valence-electron chi connectivity index (χ0n) is 35.0. The van der Waals surface area contributed by atoms with E-state index in [1.54, 1.807) is 13.8 Å². The van der Waals surface area contributed by atoms with Gasteiger partial charge < -0.3 is 68.1 Å². The molecule has 0 aromatic heterocycles. The van der Waals surface area contributed by atoms with E-state index >= 15 is 0 Å². The number of aliphatic hydroxyl groups excluding tert-OH is 1.